The van der Waals surface area contributed by atoms with Crippen LogP contribution in [0, 0.1) is 29.4 Å². The second kappa shape index (κ2) is 6.31. The van der Waals surface area contributed by atoms with Crippen molar-refractivity contribution in [1.29, 1.82) is 0 Å². The van der Waals surface area contributed by atoms with E-state index in [0.717, 1.165) is 0 Å². The third-order valence-corrected chi connectivity index (χ3v) is 4.14. The molecule has 0 aromatic heterocycles. The zero-order valence-corrected chi connectivity index (χ0v) is 11.2. The highest BCUT2D eigenvalue weighted by atomic mass is 32.2. The van der Waals surface area contributed by atoms with Gasteiger partial charge >= 0.3 is 0 Å². The van der Waals surface area contributed by atoms with Gasteiger partial charge < -0.3 is 0 Å². The number of nitro groups is 1. The van der Waals surface area contributed by atoms with Crippen molar-refractivity contribution in [3.05, 3.63) is 33.9 Å². The molecule has 0 aliphatic carbocycles. The van der Waals surface area contributed by atoms with Gasteiger partial charge in [0.1, 0.15) is 0 Å². The highest BCUT2D eigenvalue weighted by Crippen LogP contribution is 2.24. The first-order chi connectivity index (χ1) is 8.90. The lowest BCUT2D eigenvalue weighted by atomic mass is 10.2. The van der Waals surface area contributed by atoms with Crippen molar-refractivity contribution in [3.63, 3.8) is 0 Å². The van der Waals surface area contributed by atoms with E-state index in [1.54, 1.807) is 0 Å². The van der Waals surface area contributed by atoms with Gasteiger partial charge in [-0.05, 0) is 19.4 Å². The molecule has 0 saturated heterocycles. The number of nitrogens with zero attached hydrogens (tertiary/aromatic N) is 1. The Labute approximate surface area is 112 Å². The van der Waals surface area contributed by atoms with Crippen molar-refractivity contribution in [2.24, 2.45) is 0 Å². The van der Waals surface area contributed by atoms with Crippen LogP contribution in [0.3, 0.4) is 0 Å². The van der Waals surface area contributed by atoms with Gasteiger partial charge in [-0.25, -0.2) is 13.1 Å². The maximum atomic E-state index is 12.0. The fraction of sp³-hybridized carbons (Fsp3) is 0.333. The minimum atomic E-state index is -3.75. The molecule has 102 valence electrons. The molecule has 0 fully saturated rings. The molecule has 0 heterocycles. The molecule has 6 nitrogen and oxygen atoms in total. The van der Waals surface area contributed by atoms with Crippen LogP contribution in [-0.2, 0) is 10.0 Å². The molecule has 0 aliphatic rings. The number of nitro benzene ring substituents is 1. The van der Waals surface area contributed by atoms with Crippen molar-refractivity contribution in [1.82, 2.24) is 4.72 Å². The van der Waals surface area contributed by atoms with Gasteiger partial charge in [-0.2, -0.15) is 0 Å². The number of sulfonamides is 1. The first-order valence-electron chi connectivity index (χ1n) is 5.57. The first-order valence-corrected chi connectivity index (χ1v) is 7.05. The summed E-state index contributed by atoms with van der Waals surface area (Å²) in [7, 11) is -3.75. The smallest absolute Gasteiger partial charge is 0.258 e. The van der Waals surface area contributed by atoms with Crippen molar-refractivity contribution in [2.45, 2.75) is 24.7 Å². The molecule has 0 atom stereocenters. The van der Waals surface area contributed by atoms with Crippen LogP contribution in [0.15, 0.2) is 23.1 Å². The molecule has 19 heavy (non-hydrogen) atoms. The molecule has 0 amide bonds. The van der Waals surface area contributed by atoms with Gasteiger partial charge in [-0.1, -0.05) is 6.07 Å². The molecule has 1 aromatic rings. The Morgan fingerprint density at radius 3 is 2.74 bits per heavy atom. The molecular formula is C12H14N2O4S. The van der Waals surface area contributed by atoms with Gasteiger partial charge in [0.15, 0.2) is 0 Å². The minimum Gasteiger partial charge on any atom is -0.258 e. The lowest BCUT2D eigenvalue weighted by Gasteiger charge is -2.08. The largest absolute Gasteiger partial charge is 0.273 e. The van der Waals surface area contributed by atoms with Crippen molar-refractivity contribution >= 4 is 15.7 Å². The van der Waals surface area contributed by atoms with Crippen LogP contribution in [0.1, 0.15) is 18.4 Å². The molecule has 7 heteroatoms. The second-order valence-corrected chi connectivity index (χ2v) is 5.60. The fourth-order valence-corrected chi connectivity index (χ4v) is 2.90. The maximum Gasteiger partial charge on any atom is 0.273 e. The van der Waals surface area contributed by atoms with Gasteiger partial charge in [-0.15, -0.1) is 12.3 Å². The van der Waals surface area contributed by atoms with E-state index in [1.165, 1.54) is 25.1 Å². The Hall–Kier alpha value is -1.91. The van der Waals surface area contributed by atoms with Crippen LogP contribution >= 0.6 is 0 Å². The van der Waals surface area contributed by atoms with Crippen LogP contribution in [0.4, 0.5) is 5.69 Å². The second-order valence-electron chi connectivity index (χ2n) is 3.86. The number of benzene rings is 1. The summed E-state index contributed by atoms with van der Waals surface area (Å²) in [6.45, 7) is 1.61. The van der Waals surface area contributed by atoms with Crippen LogP contribution in [0.2, 0.25) is 0 Å². The van der Waals surface area contributed by atoms with E-state index in [1.807, 2.05) is 0 Å². The summed E-state index contributed by atoms with van der Waals surface area (Å²) >= 11 is 0. The molecule has 1 N–H and O–H groups in total. The number of rotatable bonds is 6. The van der Waals surface area contributed by atoms with Crippen LogP contribution < -0.4 is 4.72 Å². The van der Waals surface area contributed by atoms with E-state index in [0.29, 0.717) is 12.8 Å². The van der Waals surface area contributed by atoms with Gasteiger partial charge in [-0.3, -0.25) is 10.1 Å². The van der Waals surface area contributed by atoms with Gasteiger partial charge in [0.25, 0.3) is 5.69 Å². The number of hydrogen-bond donors (Lipinski definition) is 1. The molecule has 0 unspecified atom stereocenters. The summed E-state index contributed by atoms with van der Waals surface area (Å²) in [5, 5.41) is 10.8. The minimum absolute atomic E-state index is 0.0811. The summed E-state index contributed by atoms with van der Waals surface area (Å²) in [5.41, 5.74) is -0.0940. The molecular weight excluding hydrogens is 268 g/mol. The van der Waals surface area contributed by atoms with E-state index in [9.17, 15) is 18.5 Å². The molecule has 0 bridgehead atoms. The van der Waals surface area contributed by atoms with E-state index in [-0.39, 0.29) is 22.7 Å². The van der Waals surface area contributed by atoms with Crippen LogP contribution in [0.25, 0.3) is 0 Å². The number of unbranched alkanes of at least 4 members (excludes halogenated alkanes) is 1. The Morgan fingerprint density at radius 2 is 2.16 bits per heavy atom. The van der Waals surface area contributed by atoms with E-state index >= 15 is 0 Å². The predicted octanol–water partition coefficient (Wildman–Crippen LogP) is 1.59. The van der Waals surface area contributed by atoms with Crippen molar-refractivity contribution < 1.29 is 13.3 Å². The molecule has 1 rings (SSSR count). The Kier molecular flexibility index (Phi) is 5.03. The monoisotopic (exact) mass is 282 g/mol. The Bertz CT molecular complexity index is 617. The topological polar surface area (TPSA) is 89.3 Å². The highest BCUT2D eigenvalue weighted by molar-refractivity contribution is 7.89. The standard InChI is InChI=1S/C12H14N2O4S/c1-3-4-5-9-13-19(17,18)12-8-6-7-11(10(12)2)14(15)16/h1,6-8,13H,4-5,9H2,2H3. The molecule has 0 saturated carbocycles. The number of terminal acetylenes is 1. The average molecular weight is 282 g/mol. The average Bonchev–Trinajstić information content (AvgIpc) is 2.34. The summed E-state index contributed by atoms with van der Waals surface area (Å²) in [6, 6.07) is 3.96. The number of nitrogens with one attached hydrogen (secondary N) is 1. The fourth-order valence-electron chi connectivity index (χ4n) is 1.57. The summed E-state index contributed by atoms with van der Waals surface area (Å²) in [4.78, 5) is 10.1. The van der Waals surface area contributed by atoms with Gasteiger partial charge in [0, 0.05) is 24.6 Å². The van der Waals surface area contributed by atoms with Crippen molar-refractivity contribution in [2.75, 3.05) is 6.54 Å². The third kappa shape index (κ3) is 3.77. The van der Waals surface area contributed by atoms with Crippen LogP contribution in [-0.4, -0.2) is 19.9 Å². The Morgan fingerprint density at radius 1 is 1.47 bits per heavy atom. The predicted molar refractivity (Wildman–Crippen MR) is 71.1 cm³/mol. The molecule has 0 radical (unpaired) electrons. The van der Waals surface area contributed by atoms with Gasteiger partial charge in [0.05, 0.1) is 9.82 Å². The van der Waals surface area contributed by atoms with E-state index in [4.69, 9.17) is 6.42 Å². The quantitative estimate of drug-likeness (QED) is 0.371. The number of hydrogen-bond acceptors (Lipinski definition) is 4. The summed E-state index contributed by atoms with van der Waals surface area (Å²) in [6.07, 6.45) is 6.05. The molecule has 1 aromatic carbocycles. The van der Waals surface area contributed by atoms with Crippen LogP contribution in [0.5, 0.6) is 0 Å². The lowest BCUT2D eigenvalue weighted by molar-refractivity contribution is -0.385. The maximum absolute atomic E-state index is 12.0. The highest BCUT2D eigenvalue weighted by Gasteiger charge is 2.22. The Balaban J connectivity index is 2.99. The summed E-state index contributed by atoms with van der Waals surface area (Å²) in [5.74, 6) is 2.41. The normalized spacial score (nSPS) is 10.9. The molecule has 0 spiro atoms. The van der Waals surface area contributed by atoms with Gasteiger partial charge in [0.2, 0.25) is 10.0 Å². The SMILES string of the molecule is C#CCCCNS(=O)(=O)c1cccc([N+](=O)[O-])c1C. The molecule has 0 aliphatic heterocycles. The van der Waals surface area contributed by atoms with E-state index < -0.39 is 14.9 Å². The zero-order valence-electron chi connectivity index (χ0n) is 10.4. The zero-order chi connectivity index (χ0) is 14.5. The summed E-state index contributed by atoms with van der Waals surface area (Å²) < 4.78 is 26.4. The third-order valence-electron chi connectivity index (χ3n) is 2.53. The van der Waals surface area contributed by atoms with E-state index in [2.05, 4.69) is 10.6 Å². The first kappa shape index (κ1) is 15.1. The van der Waals surface area contributed by atoms with Crippen molar-refractivity contribution in [3.8, 4) is 12.3 Å². The lowest BCUT2D eigenvalue weighted by Crippen LogP contribution is -2.25.